The molecule has 0 saturated carbocycles. The lowest BCUT2D eigenvalue weighted by atomic mass is 9.95. The predicted octanol–water partition coefficient (Wildman–Crippen LogP) is 0.924. The number of nitrogens with zero attached hydrogens (tertiary/aromatic N) is 4. The fourth-order valence-corrected chi connectivity index (χ4v) is 2.60. The molecule has 0 aliphatic rings. The molecule has 7 nitrogen and oxygen atoms in total. The van der Waals surface area contributed by atoms with Crippen LogP contribution < -0.4 is 5.32 Å². The van der Waals surface area contributed by atoms with Crippen molar-refractivity contribution in [3.05, 3.63) is 0 Å². The largest absolute Gasteiger partial charge is 0.480 e. The predicted molar refractivity (Wildman–Crippen MR) is 73.1 cm³/mol. The lowest BCUT2D eigenvalue weighted by molar-refractivity contribution is -0.144. The number of tetrazole rings is 1. The van der Waals surface area contributed by atoms with E-state index < -0.39 is 11.5 Å². The van der Waals surface area contributed by atoms with Crippen LogP contribution in [0, 0.1) is 0 Å². The van der Waals surface area contributed by atoms with Gasteiger partial charge in [0.2, 0.25) is 5.16 Å². The van der Waals surface area contributed by atoms with Gasteiger partial charge in [0.15, 0.2) is 0 Å². The van der Waals surface area contributed by atoms with Gasteiger partial charge in [-0.2, -0.15) is 0 Å². The van der Waals surface area contributed by atoms with Crippen LogP contribution in [0.3, 0.4) is 0 Å². The number of nitrogens with one attached hydrogen (secondary N) is 1. The Morgan fingerprint density at radius 3 is 2.74 bits per heavy atom. The van der Waals surface area contributed by atoms with Gasteiger partial charge in [-0.1, -0.05) is 11.8 Å². The molecule has 2 N–H and O–H groups in total. The van der Waals surface area contributed by atoms with Gasteiger partial charge in [0.05, 0.1) is 0 Å². The van der Waals surface area contributed by atoms with Gasteiger partial charge >= 0.3 is 5.97 Å². The number of carboxylic acid groups (broad SMARTS) is 1. The van der Waals surface area contributed by atoms with E-state index in [4.69, 9.17) is 0 Å². The zero-order chi connectivity index (χ0) is 14.5. The van der Waals surface area contributed by atoms with Gasteiger partial charge in [-0.25, -0.2) is 4.68 Å². The molecule has 1 aromatic heterocycles. The van der Waals surface area contributed by atoms with Crippen molar-refractivity contribution in [3.8, 4) is 0 Å². The monoisotopic (exact) mass is 287 g/mol. The summed E-state index contributed by atoms with van der Waals surface area (Å²) in [4.78, 5) is 11.3. The van der Waals surface area contributed by atoms with Crippen LogP contribution in [0.2, 0.25) is 0 Å². The van der Waals surface area contributed by atoms with Crippen molar-refractivity contribution in [2.24, 2.45) is 7.05 Å². The molecule has 0 spiro atoms. The first-order valence-electron chi connectivity index (χ1n) is 6.21. The maximum atomic E-state index is 11.3. The fourth-order valence-electron chi connectivity index (χ4n) is 1.81. The Hall–Kier alpha value is -1.15. The summed E-state index contributed by atoms with van der Waals surface area (Å²) in [5, 5.41) is 24.3. The Morgan fingerprint density at radius 1 is 1.58 bits per heavy atom. The van der Waals surface area contributed by atoms with Gasteiger partial charge in [-0.05, 0) is 44.0 Å². The number of aryl methyl sites for hydroxylation is 1. The Labute approximate surface area is 117 Å². The maximum Gasteiger partial charge on any atom is 0.323 e. The topological polar surface area (TPSA) is 92.9 Å². The zero-order valence-electron chi connectivity index (χ0n) is 11.8. The molecule has 1 rings (SSSR count). The summed E-state index contributed by atoms with van der Waals surface area (Å²) in [6, 6.07) is 0.136. The first-order valence-corrected chi connectivity index (χ1v) is 7.20. The van der Waals surface area contributed by atoms with Crippen molar-refractivity contribution < 1.29 is 9.90 Å². The van der Waals surface area contributed by atoms with Crippen molar-refractivity contribution in [3.63, 3.8) is 0 Å². The molecule has 1 unspecified atom stereocenters. The summed E-state index contributed by atoms with van der Waals surface area (Å²) in [6.07, 6.45) is 1.35. The molecule has 0 amide bonds. The second kappa shape index (κ2) is 6.85. The lowest BCUT2D eigenvalue weighted by Gasteiger charge is -2.28. The molecular formula is C11H21N5O2S. The van der Waals surface area contributed by atoms with E-state index in [1.165, 1.54) is 11.8 Å². The lowest BCUT2D eigenvalue weighted by Crippen LogP contribution is -2.52. The summed E-state index contributed by atoms with van der Waals surface area (Å²) in [5.41, 5.74) is -0.882. The molecule has 1 aromatic rings. The van der Waals surface area contributed by atoms with Crippen LogP contribution in [0.15, 0.2) is 5.16 Å². The van der Waals surface area contributed by atoms with E-state index >= 15 is 0 Å². The average molecular weight is 287 g/mol. The highest BCUT2D eigenvalue weighted by Gasteiger charge is 2.32. The van der Waals surface area contributed by atoms with E-state index in [-0.39, 0.29) is 6.04 Å². The Balaban J connectivity index is 2.41. The second-order valence-electron chi connectivity index (χ2n) is 4.97. The molecule has 0 aliphatic carbocycles. The van der Waals surface area contributed by atoms with Gasteiger partial charge in [-0.15, -0.1) is 5.10 Å². The molecule has 1 atom stereocenters. The maximum absolute atomic E-state index is 11.3. The van der Waals surface area contributed by atoms with Crippen LogP contribution in [0.1, 0.15) is 33.6 Å². The Bertz CT molecular complexity index is 423. The Morgan fingerprint density at radius 2 is 2.26 bits per heavy atom. The van der Waals surface area contributed by atoms with E-state index in [0.717, 1.165) is 17.3 Å². The third kappa shape index (κ3) is 4.79. The number of thioether (sulfide) groups is 1. The van der Waals surface area contributed by atoms with Crippen LogP contribution >= 0.6 is 11.8 Å². The van der Waals surface area contributed by atoms with Crippen molar-refractivity contribution in [2.75, 3.05) is 5.75 Å². The SMILES string of the molecule is CC(C)NC(C)(CCCSc1nnnn1C)C(=O)O. The molecule has 108 valence electrons. The van der Waals surface area contributed by atoms with Crippen LogP contribution in [0.25, 0.3) is 0 Å². The third-order valence-corrected chi connectivity index (χ3v) is 3.81. The Kier molecular flexibility index (Phi) is 5.74. The second-order valence-corrected chi connectivity index (χ2v) is 6.04. The minimum absolute atomic E-state index is 0.136. The van der Waals surface area contributed by atoms with Crippen LogP contribution in [-0.4, -0.2) is 48.6 Å². The van der Waals surface area contributed by atoms with Crippen molar-refractivity contribution in [1.29, 1.82) is 0 Å². The molecule has 0 saturated heterocycles. The van der Waals surface area contributed by atoms with E-state index in [0.29, 0.717) is 6.42 Å². The summed E-state index contributed by atoms with van der Waals surface area (Å²) in [5.74, 6) is -0.0249. The summed E-state index contributed by atoms with van der Waals surface area (Å²) < 4.78 is 1.60. The smallest absolute Gasteiger partial charge is 0.323 e. The molecule has 19 heavy (non-hydrogen) atoms. The number of carbonyl (C=O) groups is 1. The van der Waals surface area contributed by atoms with Crippen molar-refractivity contribution in [1.82, 2.24) is 25.5 Å². The molecule has 0 radical (unpaired) electrons. The van der Waals surface area contributed by atoms with E-state index in [1.807, 2.05) is 13.8 Å². The minimum atomic E-state index is -0.882. The minimum Gasteiger partial charge on any atom is -0.480 e. The first-order chi connectivity index (χ1) is 8.85. The number of aromatic nitrogens is 4. The van der Waals surface area contributed by atoms with E-state index in [1.54, 1.807) is 18.7 Å². The van der Waals surface area contributed by atoms with Crippen LogP contribution in [0.5, 0.6) is 0 Å². The summed E-state index contributed by atoms with van der Waals surface area (Å²) in [7, 11) is 1.78. The highest BCUT2D eigenvalue weighted by atomic mass is 32.2. The number of hydrogen-bond acceptors (Lipinski definition) is 6. The van der Waals surface area contributed by atoms with Gasteiger partial charge in [0, 0.05) is 18.8 Å². The van der Waals surface area contributed by atoms with Gasteiger partial charge in [0.25, 0.3) is 0 Å². The van der Waals surface area contributed by atoms with Gasteiger partial charge < -0.3 is 5.11 Å². The highest BCUT2D eigenvalue weighted by Crippen LogP contribution is 2.19. The summed E-state index contributed by atoms with van der Waals surface area (Å²) >= 11 is 1.53. The standard InChI is InChI=1S/C11H21N5O2S/c1-8(2)12-11(3,9(17)18)6-5-7-19-10-13-14-15-16(10)4/h8,12H,5-7H2,1-4H3,(H,17,18). The molecule has 0 aliphatic heterocycles. The highest BCUT2D eigenvalue weighted by molar-refractivity contribution is 7.99. The third-order valence-electron chi connectivity index (χ3n) is 2.71. The molecule has 1 heterocycles. The van der Waals surface area contributed by atoms with Crippen LogP contribution in [0.4, 0.5) is 0 Å². The number of carboxylic acids is 1. The summed E-state index contributed by atoms with van der Waals surface area (Å²) in [6.45, 7) is 5.62. The zero-order valence-corrected chi connectivity index (χ0v) is 12.6. The molecular weight excluding hydrogens is 266 g/mol. The van der Waals surface area contributed by atoms with E-state index in [9.17, 15) is 9.90 Å². The quantitative estimate of drug-likeness (QED) is 0.542. The molecule has 0 aromatic carbocycles. The number of rotatable bonds is 8. The van der Waals surface area contributed by atoms with Crippen molar-refractivity contribution >= 4 is 17.7 Å². The number of hydrogen-bond donors (Lipinski definition) is 2. The molecule has 8 heteroatoms. The van der Waals surface area contributed by atoms with Crippen LogP contribution in [-0.2, 0) is 11.8 Å². The fraction of sp³-hybridized carbons (Fsp3) is 0.818. The van der Waals surface area contributed by atoms with Gasteiger partial charge in [-0.3, -0.25) is 10.1 Å². The number of aliphatic carboxylic acids is 1. The molecule has 0 bridgehead atoms. The molecule has 0 fully saturated rings. The first kappa shape index (κ1) is 15.9. The van der Waals surface area contributed by atoms with Gasteiger partial charge in [0.1, 0.15) is 5.54 Å². The normalized spacial score (nSPS) is 14.6. The average Bonchev–Trinajstić information content (AvgIpc) is 2.69. The van der Waals surface area contributed by atoms with Crippen molar-refractivity contribution in [2.45, 2.75) is 50.4 Å². The van der Waals surface area contributed by atoms with E-state index in [2.05, 4.69) is 20.8 Å².